The Morgan fingerprint density at radius 3 is 2.23 bits per heavy atom. The monoisotopic (exact) mass is 593 g/mol. The third-order valence-corrected chi connectivity index (χ3v) is 9.17. The molecule has 0 unspecified atom stereocenters. The molecule has 4 aromatic rings. The molecule has 214 valence electrons. The number of fused-ring (bicyclic) bond motifs is 5. The Morgan fingerprint density at radius 2 is 1.58 bits per heavy atom. The SMILES string of the molecule is COc1ccc(OC)c([C@@H]2[C@H](C(=O)c3ccc(F)cc3)N3c4ccc(Cl)cc4C=C[C@H]3C23C(=O)c2ccccc2C3=O)c1. The Bertz CT molecular complexity index is 1830. The van der Waals surface area contributed by atoms with Crippen molar-refractivity contribution in [3.8, 4) is 11.5 Å². The maximum Gasteiger partial charge on any atom is 0.185 e. The summed E-state index contributed by atoms with van der Waals surface area (Å²) in [5.74, 6) is -1.73. The van der Waals surface area contributed by atoms with E-state index in [1.165, 1.54) is 38.5 Å². The summed E-state index contributed by atoms with van der Waals surface area (Å²) in [4.78, 5) is 46.2. The number of Topliss-reactive ketones (excluding diaryl/α,β-unsaturated/α-hetero) is 3. The van der Waals surface area contributed by atoms with Crippen molar-refractivity contribution in [3.05, 3.63) is 130 Å². The molecule has 0 saturated carbocycles. The van der Waals surface area contributed by atoms with Crippen LogP contribution in [-0.4, -0.2) is 43.7 Å². The van der Waals surface area contributed by atoms with Gasteiger partial charge < -0.3 is 14.4 Å². The molecule has 6 nitrogen and oxygen atoms in total. The van der Waals surface area contributed by atoms with E-state index in [2.05, 4.69) is 0 Å². The fourth-order valence-electron chi connectivity index (χ4n) is 7.16. The van der Waals surface area contributed by atoms with Gasteiger partial charge in [-0.05, 0) is 66.2 Å². The normalized spacial score (nSPS) is 21.0. The van der Waals surface area contributed by atoms with Crippen molar-refractivity contribution >= 4 is 40.7 Å². The zero-order chi connectivity index (χ0) is 30.0. The molecule has 8 heteroatoms. The molecule has 0 bridgehead atoms. The van der Waals surface area contributed by atoms with E-state index in [4.69, 9.17) is 21.1 Å². The summed E-state index contributed by atoms with van der Waals surface area (Å²) >= 11 is 6.36. The lowest BCUT2D eigenvalue weighted by molar-refractivity contribution is 0.0664. The van der Waals surface area contributed by atoms with Crippen molar-refractivity contribution in [3.63, 3.8) is 0 Å². The Balaban J connectivity index is 1.58. The van der Waals surface area contributed by atoms with Gasteiger partial charge in [-0.1, -0.05) is 48.0 Å². The predicted molar refractivity (Wildman–Crippen MR) is 161 cm³/mol. The average Bonchev–Trinajstić information content (AvgIpc) is 3.46. The van der Waals surface area contributed by atoms with Gasteiger partial charge in [0.2, 0.25) is 0 Å². The van der Waals surface area contributed by atoms with Gasteiger partial charge in [-0.15, -0.1) is 0 Å². The lowest BCUT2D eigenvalue weighted by atomic mass is 9.64. The molecule has 2 aliphatic heterocycles. The minimum Gasteiger partial charge on any atom is -0.497 e. The number of methoxy groups -OCH3 is 2. The highest BCUT2D eigenvalue weighted by Crippen LogP contribution is 2.62. The zero-order valence-electron chi connectivity index (χ0n) is 23.2. The van der Waals surface area contributed by atoms with Crippen LogP contribution in [0.4, 0.5) is 10.1 Å². The fraction of sp³-hybridized carbons (Fsp3) is 0.171. The van der Waals surface area contributed by atoms with Gasteiger partial charge in [-0.2, -0.15) is 0 Å². The van der Waals surface area contributed by atoms with E-state index in [9.17, 15) is 18.8 Å². The molecule has 1 saturated heterocycles. The molecular weight excluding hydrogens is 569 g/mol. The van der Waals surface area contributed by atoms with Gasteiger partial charge in [-0.25, -0.2) is 4.39 Å². The standard InChI is InChI=1S/C35H25ClFNO5/c1-42-23-13-15-28(43-2)26(18-23)30-31(32(39)19-7-11-22(37)12-8-19)38-27-14-10-21(36)17-20(27)9-16-29(38)35(30)33(40)24-5-3-4-6-25(24)34(35)41/h3-18,29-31H,1-2H3/t29-,30+,31+/m0/s1. The Morgan fingerprint density at radius 1 is 0.884 bits per heavy atom. The summed E-state index contributed by atoms with van der Waals surface area (Å²) in [6.07, 6.45) is 3.66. The molecule has 0 amide bonds. The molecule has 43 heavy (non-hydrogen) atoms. The van der Waals surface area contributed by atoms with Gasteiger partial charge in [0.05, 0.1) is 20.3 Å². The number of carbonyl (C=O) groups is 3. The molecule has 0 radical (unpaired) electrons. The van der Waals surface area contributed by atoms with Gasteiger partial charge in [0.15, 0.2) is 17.3 Å². The minimum atomic E-state index is -1.72. The van der Waals surface area contributed by atoms with E-state index in [1.807, 2.05) is 17.1 Å². The molecule has 1 fully saturated rings. The molecule has 7 rings (SSSR count). The van der Waals surface area contributed by atoms with Gasteiger partial charge >= 0.3 is 0 Å². The first-order valence-electron chi connectivity index (χ1n) is 13.8. The number of ketones is 3. The lowest BCUT2D eigenvalue weighted by Crippen LogP contribution is -2.48. The zero-order valence-corrected chi connectivity index (χ0v) is 24.0. The number of anilines is 1. The molecule has 3 aliphatic rings. The third-order valence-electron chi connectivity index (χ3n) is 8.94. The van der Waals surface area contributed by atoms with Crippen molar-refractivity contribution in [1.29, 1.82) is 0 Å². The highest BCUT2D eigenvalue weighted by molar-refractivity contribution is 6.33. The summed E-state index contributed by atoms with van der Waals surface area (Å²) in [7, 11) is 3.02. The summed E-state index contributed by atoms with van der Waals surface area (Å²) in [5.41, 5.74) is 1.01. The highest BCUT2D eigenvalue weighted by atomic mass is 35.5. The van der Waals surface area contributed by atoms with Crippen LogP contribution in [0, 0.1) is 11.2 Å². The molecular formula is C35H25ClFNO5. The Kier molecular flexibility index (Phi) is 6.25. The van der Waals surface area contributed by atoms with Crippen LogP contribution < -0.4 is 14.4 Å². The number of benzene rings is 4. The molecule has 0 aromatic heterocycles. The molecule has 0 N–H and O–H groups in total. The maximum absolute atomic E-state index is 14.8. The van der Waals surface area contributed by atoms with Crippen LogP contribution in [0.15, 0.2) is 91.0 Å². The number of carbonyl (C=O) groups excluding carboxylic acids is 3. The fourth-order valence-corrected chi connectivity index (χ4v) is 7.34. The van der Waals surface area contributed by atoms with Gasteiger partial charge in [0.25, 0.3) is 0 Å². The second-order valence-corrected chi connectivity index (χ2v) is 11.3. The summed E-state index contributed by atoms with van der Waals surface area (Å²) < 4.78 is 25.4. The molecule has 1 aliphatic carbocycles. The lowest BCUT2D eigenvalue weighted by Gasteiger charge is -2.37. The first-order chi connectivity index (χ1) is 20.8. The number of hydrogen-bond acceptors (Lipinski definition) is 6. The third kappa shape index (κ3) is 3.74. The first kappa shape index (κ1) is 27.1. The number of ether oxygens (including phenoxy) is 2. The van der Waals surface area contributed by atoms with Gasteiger partial charge in [0.1, 0.15) is 28.8 Å². The molecule has 3 atom stereocenters. The maximum atomic E-state index is 14.8. The Labute approximate surface area is 252 Å². The van der Waals surface area contributed by atoms with Crippen LogP contribution in [0.2, 0.25) is 5.02 Å². The second kappa shape index (κ2) is 9.92. The molecule has 4 aromatic carbocycles. The van der Waals surface area contributed by atoms with E-state index in [1.54, 1.807) is 60.7 Å². The molecule has 1 spiro atoms. The highest BCUT2D eigenvalue weighted by Gasteiger charge is 2.72. The largest absolute Gasteiger partial charge is 0.497 e. The first-order valence-corrected chi connectivity index (χ1v) is 14.2. The quantitative estimate of drug-likeness (QED) is 0.187. The predicted octanol–water partition coefficient (Wildman–Crippen LogP) is 6.81. The van der Waals surface area contributed by atoms with Crippen LogP contribution >= 0.6 is 11.6 Å². The van der Waals surface area contributed by atoms with Crippen LogP contribution in [-0.2, 0) is 0 Å². The second-order valence-electron chi connectivity index (χ2n) is 10.9. The summed E-state index contributed by atoms with van der Waals surface area (Å²) in [6, 6.07) is 20.6. The topological polar surface area (TPSA) is 72.9 Å². The minimum absolute atomic E-state index is 0.245. The van der Waals surface area contributed by atoms with Crippen molar-refractivity contribution in [2.75, 3.05) is 19.1 Å². The van der Waals surface area contributed by atoms with Crippen molar-refractivity contribution in [2.24, 2.45) is 5.41 Å². The number of hydrogen-bond donors (Lipinski definition) is 0. The summed E-state index contributed by atoms with van der Waals surface area (Å²) in [6.45, 7) is 0. The number of nitrogens with zero attached hydrogens (tertiary/aromatic N) is 1. The van der Waals surface area contributed by atoms with E-state index in [0.717, 1.165) is 5.56 Å². The van der Waals surface area contributed by atoms with E-state index in [-0.39, 0.29) is 22.9 Å². The van der Waals surface area contributed by atoms with E-state index >= 15 is 0 Å². The van der Waals surface area contributed by atoms with Gasteiger partial charge in [-0.3, -0.25) is 14.4 Å². The van der Waals surface area contributed by atoms with E-state index < -0.39 is 29.2 Å². The van der Waals surface area contributed by atoms with Crippen LogP contribution in [0.25, 0.3) is 6.08 Å². The number of halogens is 2. The van der Waals surface area contributed by atoms with E-state index in [0.29, 0.717) is 38.9 Å². The van der Waals surface area contributed by atoms with Crippen LogP contribution in [0.5, 0.6) is 11.5 Å². The van der Waals surface area contributed by atoms with Crippen molar-refractivity contribution in [1.82, 2.24) is 0 Å². The number of rotatable bonds is 5. The Hall–Kier alpha value is -4.75. The average molecular weight is 594 g/mol. The molecule has 2 heterocycles. The van der Waals surface area contributed by atoms with Crippen LogP contribution in [0.3, 0.4) is 0 Å². The van der Waals surface area contributed by atoms with Crippen molar-refractivity contribution in [2.45, 2.75) is 18.0 Å². The van der Waals surface area contributed by atoms with Crippen LogP contribution in [0.1, 0.15) is 48.1 Å². The summed E-state index contributed by atoms with van der Waals surface area (Å²) in [5, 5.41) is 0.503. The van der Waals surface area contributed by atoms with Crippen molar-refractivity contribution < 1.29 is 28.2 Å². The van der Waals surface area contributed by atoms with Gasteiger partial charge in [0, 0.05) is 38.9 Å². The smallest absolute Gasteiger partial charge is 0.185 e.